The van der Waals surface area contributed by atoms with Crippen molar-refractivity contribution >= 4 is 23.7 Å². The predicted octanol–water partition coefficient (Wildman–Crippen LogP) is 3.18. The van der Waals surface area contributed by atoms with Crippen LogP contribution in [0.5, 0.6) is 0 Å². The van der Waals surface area contributed by atoms with Gasteiger partial charge >= 0.3 is 12.1 Å². The quantitative estimate of drug-likeness (QED) is 0.875. The summed E-state index contributed by atoms with van der Waals surface area (Å²) < 4.78 is 5.19. The number of alkyl carbamates (subject to hydrolysis) is 1. The van der Waals surface area contributed by atoms with E-state index in [1.165, 1.54) is 0 Å². The lowest BCUT2D eigenvalue weighted by Crippen LogP contribution is -2.58. The molecule has 0 aliphatic heterocycles. The monoisotopic (exact) mass is 325 g/mol. The van der Waals surface area contributed by atoms with Crippen molar-refractivity contribution < 1.29 is 19.4 Å². The van der Waals surface area contributed by atoms with Gasteiger partial charge in [0, 0.05) is 11.4 Å². The molecule has 2 N–H and O–H groups in total. The molecule has 0 spiro atoms. The van der Waals surface area contributed by atoms with Gasteiger partial charge in [0.1, 0.15) is 11.1 Å². The van der Waals surface area contributed by atoms with Crippen molar-refractivity contribution in [1.82, 2.24) is 5.32 Å². The zero-order valence-electron chi connectivity index (χ0n) is 12.9. The second kappa shape index (κ2) is 5.80. The number of carboxylic acid groups (broad SMARTS) is 1. The maximum atomic E-state index is 12.0. The van der Waals surface area contributed by atoms with E-state index in [0.717, 1.165) is 11.1 Å². The lowest BCUT2D eigenvalue weighted by molar-refractivity contribution is -0.145. The van der Waals surface area contributed by atoms with E-state index < -0.39 is 23.2 Å². The van der Waals surface area contributed by atoms with E-state index in [0.29, 0.717) is 17.9 Å². The fourth-order valence-corrected chi connectivity index (χ4v) is 2.80. The van der Waals surface area contributed by atoms with Gasteiger partial charge in [0.05, 0.1) is 0 Å². The Balaban J connectivity index is 2.23. The molecule has 0 saturated heterocycles. The van der Waals surface area contributed by atoms with Crippen LogP contribution in [0, 0.1) is 0 Å². The van der Waals surface area contributed by atoms with Gasteiger partial charge in [-0.1, -0.05) is 17.7 Å². The molecule has 6 heteroatoms. The van der Waals surface area contributed by atoms with Gasteiger partial charge in [-0.25, -0.2) is 9.59 Å². The number of carbonyl (C=O) groups is 2. The summed E-state index contributed by atoms with van der Waals surface area (Å²) in [5.41, 5.74) is -0.114. The first kappa shape index (κ1) is 16.6. The number of amides is 1. The molecule has 1 aliphatic rings. The number of fused-ring (bicyclic) bond motifs is 1. The zero-order chi connectivity index (χ0) is 16.5. The van der Waals surface area contributed by atoms with Crippen molar-refractivity contribution in [3.63, 3.8) is 0 Å². The molecular weight excluding hydrogens is 306 g/mol. The topological polar surface area (TPSA) is 75.6 Å². The van der Waals surface area contributed by atoms with Crippen molar-refractivity contribution in [2.45, 2.75) is 51.2 Å². The number of hydrogen-bond donors (Lipinski definition) is 2. The van der Waals surface area contributed by atoms with E-state index in [2.05, 4.69) is 5.32 Å². The van der Waals surface area contributed by atoms with Crippen LogP contribution in [0.25, 0.3) is 0 Å². The Morgan fingerprint density at radius 2 is 2.00 bits per heavy atom. The lowest BCUT2D eigenvalue weighted by Gasteiger charge is -2.35. The second-order valence-corrected chi connectivity index (χ2v) is 7.04. The zero-order valence-corrected chi connectivity index (χ0v) is 13.7. The fraction of sp³-hybridized carbons (Fsp3) is 0.500. The highest BCUT2D eigenvalue weighted by Crippen LogP contribution is 2.31. The molecule has 0 fully saturated rings. The molecule has 0 heterocycles. The number of carbonyl (C=O) groups excluding carboxylic acids is 1. The third-order valence-electron chi connectivity index (χ3n) is 3.63. The number of ether oxygens (including phenoxy) is 1. The first-order chi connectivity index (χ1) is 10.1. The lowest BCUT2D eigenvalue weighted by atomic mass is 9.78. The first-order valence-electron chi connectivity index (χ1n) is 7.13. The average molecular weight is 326 g/mol. The average Bonchev–Trinajstić information content (AvgIpc) is 2.36. The summed E-state index contributed by atoms with van der Waals surface area (Å²) in [5.74, 6) is -1.06. The third kappa shape index (κ3) is 3.71. The van der Waals surface area contributed by atoms with Gasteiger partial charge < -0.3 is 15.2 Å². The molecule has 1 amide bonds. The predicted molar refractivity (Wildman–Crippen MR) is 83.2 cm³/mol. The van der Waals surface area contributed by atoms with Gasteiger partial charge in [0.25, 0.3) is 0 Å². The molecule has 120 valence electrons. The Bertz CT molecular complexity index is 609. The number of rotatable bonds is 2. The highest BCUT2D eigenvalue weighted by Gasteiger charge is 2.43. The van der Waals surface area contributed by atoms with Crippen LogP contribution in [0.1, 0.15) is 38.3 Å². The van der Waals surface area contributed by atoms with E-state index in [-0.39, 0.29) is 6.42 Å². The molecule has 1 atom stereocenters. The number of aliphatic carboxylic acids is 1. The minimum atomic E-state index is -1.34. The number of aryl methyl sites for hydroxylation is 1. The van der Waals surface area contributed by atoms with E-state index in [1.54, 1.807) is 26.8 Å². The van der Waals surface area contributed by atoms with E-state index in [1.807, 2.05) is 12.1 Å². The number of halogens is 1. The van der Waals surface area contributed by atoms with Crippen LogP contribution in [0.3, 0.4) is 0 Å². The molecule has 5 nitrogen and oxygen atoms in total. The standard InChI is InChI=1S/C16H20ClNO4/c1-15(2,3)22-14(21)18-16(13(19)20)7-6-10-8-12(17)5-4-11(10)9-16/h4-5,8H,6-7,9H2,1-3H3,(H,18,21)(H,19,20)/t16-/m0/s1. The number of hydrogen-bond acceptors (Lipinski definition) is 3. The molecule has 0 saturated carbocycles. The molecule has 1 aromatic rings. The van der Waals surface area contributed by atoms with Crippen LogP contribution in [0.15, 0.2) is 18.2 Å². The van der Waals surface area contributed by atoms with Crippen molar-refractivity contribution in [2.75, 3.05) is 0 Å². The summed E-state index contributed by atoms with van der Waals surface area (Å²) in [6.45, 7) is 5.20. The second-order valence-electron chi connectivity index (χ2n) is 6.60. The number of benzene rings is 1. The molecular formula is C16H20ClNO4. The van der Waals surface area contributed by atoms with Crippen LogP contribution < -0.4 is 5.32 Å². The summed E-state index contributed by atoms with van der Waals surface area (Å²) >= 11 is 5.96. The summed E-state index contributed by atoms with van der Waals surface area (Å²) in [4.78, 5) is 23.7. The molecule has 1 aliphatic carbocycles. The van der Waals surface area contributed by atoms with Crippen LogP contribution in [0.2, 0.25) is 5.02 Å². The summed E-state index contributed by atoms with van der Waals surface area (Å²) in [7, 11) is 0. The van der Waals surface area contributed by atoms with Gasteiger partial charge in [-0.2, -0.15) is 0 Å². The van der Waals surface area contributed by atoms with Gasteiger partial charge in [0.2, 0.25) is 0 Å². The van der Waals surface area contributed by atoms with Crippen LogP contribution in [-0.4, -0.2) is 28.3 Å². The molecule has 0 radical (unpaired) electrons. The molecule has 1 aromatic carbocycles. The molecule has 22 heavy (non-hydrogen) atoms. The normalized spacial score (nSPS) is 20.9. The Hall–Kier alpha value is -1.75. The Labute approximate surface area is 134 Å². The Morgan fingerprint density at radius 1 is 1.32 bits per heavy atom. The molecule has 0 aromatic heterocycles. The third-order valence-corrected chi connectivity index (χ3v) is 3.87. The first-order valence-corrected chi connectivity index (χ1v) is 7.51. The number of nitrogens with one attached hydrogen (secondary N) is 1. The Morgan fingerprint density at radius 3 is 2.59 bits per heavy atom. The van der Waals surface area contributed by atoms with Crippen LogP contribution in [0.4, 0.5) is 4.79 Å². The summed E-state index contributed by atoms with van der Waals surface area (Å²) in [5, 5.41) is 12.8. The van der Waals surface area contributed by atoms with Crippen LogP contribution >= 0.6 is 11.6 Å². The summed E-state index contributed by atoms with van der Waals surface area (Å²) in [6, 6.07) is 5.38. The maximum absolute atomic E-state index is 12.0. The fourth-order valence-electron chi connectivity index (χ4n) is 2.60. The highest BCUT2D eigenvalue weighted by atomic mass is 35.5. The van der Waals surface area contributed by atoms with Crippen molar-refractivity contribution in [2.24, 2.45) is 0 Å². The van der Waals surface area contributed by atoms with Gasteiger partial charge in [-0.3, -0.25) is 0 Å². The van der Waals surface area contributed by atoms with E-state index in [9.17, 15) is 14.7 Å². The smallest absolute Gasteiger partial charge is 0.408 e. The van der Waals surface area contributed by atoms with E-state index >= 15 is 0 Å². The molecule has 2 rings (SSSR count). The number of carboxylic acids is 1. The van der Waals surface area contributed by atoms with Crippen molar-refractivity contribution in [1.29, 1.82) is 0 Å². The summed E-state index contributed by atoms with van der Waals surface area (Å²) in [6.07, 6.45) is 0.341. The SMILES string of the molecule is CC(C)(C)OC(=O)N[C@@]1(C(=O)O)CCc2cc(Cl)ccc2C1. The Kier molecular flexibility index (Phi) is 4.38. The maximum Gasteiger partial charge on any atom is 0.408 e. The minimum absolute atomic E-state index is 0.216. The van der Waals surface area contributed by atoms with Gasteiger partial charge in [-0.15, -0.1) is 0 Å². The molecule has 0 unspecified atom stereocenters. The molecule has 0 bridgehead atoms. The minimum Gasteiger partial charge on any atom is -0.479 e. The van der Waals surface area contributed by atoms with Crippen molar-refractivity contribution in [3.05, 3.63) is 34.3 Å². The van der Waals surface area contributed by atoms with Gasteiger partial charge in [-0.05, 0) is 56.9 Å². The van der Waals surface area contributed by atoms with Crippen LogP contribution in [-0.2, 0) is 22.4 Å². The van der Waals surface area contributed by atoms with Gasteiger partial charge in [0.15, 0.2) is 0 Å². The van der Waals surface area contributed by atoms with Crippen molar-refractivity contribution in [3.8, 4) is 0 Å². The largest absolute Gasteiger partial charge is 0.479 e. The highest BCUT2D eigenvalue weighted by molar-refractivity contribution is 6.30. The van der Waals surface area contributed by atoms with E-state index in [4.69, 9.17) is 16.3 Å².